The number of rotatable bonds is 5. The van der Waals surface area contributed by atoms with E-state index >= 15 is 0 Å². The SMILES string of the molecule is CSC[C@@H](OC1CCCCO1)c1ccc(C(F)(F)F)cc1. The van der Waals surface area contributed by atoms with E-state index in [4.69, 9.17) is 9.47 Å². The Bertz CT molecular complexity index is 428. The highest BCUT2D eigenvalue weighted by molar-refractivity contribution is 7.98. The Hall–Kier alpha value is -0.720. The van der Waals surface area contributed by atoms with Crippen LogP contribution in [0.1, 0.15) is 36.5 Å². The van der Waals surface area contributed by atoms with Gasteiger partial charge in [-0.05, 0) is 43.2 Å². The Labute approximate surface area is 127 Å². The first kappa shape index (κ1) is 16.6. The van der Waals surface area contributed by atoms with E-state index in [1.54, 1.807) is 11.8 Å². The van der Waals surface area contributed by atoms with Gasteiger partial charge < -0.3 is 9.47 Å². The molecule has 0 saturated carbocycles. The molecule has 118 valence electrons. The largest absolute Gasteiger partial charge is 0.416 e. The van der Waals surface area contributed by atoms with E-state index in [2.05, 4.69) is 0 Å². The third-order valence-corrected chi connectivity index (χ3v) is 4.02. The maximum absolute atomic E-state index is 12.6. The van der Waals surface area contributed by atoms with Crippen LogP contribution in [-0.4, -0.2) is 24.9 Å². The quantitative estimate of drug-likeness (QED) is 0.786. The van der Waals surface area contributed by atoms with Crippen LogP contribution >= 0.6 is 11.8 Å². The van der Waals surface area contributed by atoms with E-state index < -0.39 is 11.7 Å². The van der Waals surface area contributed by atoms with Gasteiger partial charge in [-0.15, -0.1) is 0 Å². The molecule has 1 heterocycles. The summed E-state index contributed by atoms with van der Waals surface area (Å²) >= 11 is 1.60. The zero-order valence-corrected chi connectivity index (χ0v) is 12.7. The summed E-state index contributed by atoms with van der Waals surface area (Å²) in [5.41, 5.74) is 0.120. The second kappa shape index (κ2) is 7.51. The van der Waals surface area contributed by atoms with Gasteiger partial charge in [0, 0.05) is 12.4 Å². The first-order valence-electron chi connectivity index (χ1n) is 6.94. The number of hydrogen-bond donors (Lipinski definition) is 0. The molecule has 0 aromatic heterocycles. The molecule has 1 aromatic carbocycles. The molecule has 2 rings (SSSR count). The molecule has 0 amide bonds. The number of alkyl halides is 3. The minimum atomic E-state index is -4.30. The van der Waals surface area contributed by atoms with E-state index in [1.807, 2.05) is 6.26 Å². The topological polar surface area (TPSA) is 18.5 Å². The Balaban J connectivity index is 2.06. The van der Waals surface area contributed by atoms with Crippen molar-refractivity contribution < 1.29 is 22.6 Å². The van der Waals surface area contributed by atoms with E-state index in [1.165, 1.54) is 12.1 Å². The summed E-state index contributed by atoms with van der Waals surface area (Å²) in [4.78, 5) is 0. The van der Waals surface area contributed by atoms with Gasteiger partial charge in [-0.3, -0.25) is 0 Å². The molecule has 1 aliphatic rings. The van der Waals surface area contributed by atoms with Gasteiger partial charge in [0.05, 0.1) is 11.7 Å². The van der Waals surface area contributed by atoms with Crippen molar-refractivity contribution in [3.8, 4) is 0 Å². The molecule has 1 aromatic rings. The number of halogens is 3. The lowest BCUT2D eigenvalue weighted by Gasteiger charge is -2.28. The highest BCUT2D eigenvalue weighted by Crippen LogP contribution is 2.32. The summed E-state index contributed by atoms with van der Waals surface area (Å²) in [6.07, 6.45) is 0.0783. The maximum Gasteiger partial charge on any atom is 0.416 e. The van der Waals surface area contributed by atoms with Gasteiger partial charge in [-0.25, -0.2) is 0 Å². The minimum Gasteiger partial charge on any atom is -0.353 e. The summed E-state index contributed by atoms with van der Waals surface area (Å²) in [6.45, 7) is 0.684. The van der Waals surface area contributed by atoms with Crippen LogP contribution in [0.15, 0.2) is 24.3 Å². The van der Waals surface area contributed by atoms with Gasteiger partial charge in [-0.2, -0.15) is 24.9 Å². The van der Waals surface area contributed by atoms with E-state index in [0.29, 0.717) is 12.4 Å². The summed E-state index contributed by atoms with van der Waals surface area (Å²) < 4.78 is 49.2. The minimum absolute atomic E-state index is 0.245. The van der Waals surface area contributed by atoms with Crippen LogP contribution in [0.4, 0.5) is 13.2 Å². The van der Waals surface area contributed by atoms with Crippen molar-refractivity contribution in [3.05, 3.63) is 35.4 Å². The molecule has 0 radical (unpaired) electrons. The van der Waals surface area contributed by atoms with Crippen LogP contribution in [0.25, 0.3) is 0 Å². The van der Waals surface area contributed by atoms with Crippen molar-refractivity contribution in [2.24, 2.45) is 0 Å². The third kappa shape index (κ3) is 4.90. The van der Waals surface area contributed by atoms with Crippen molar-refractivity contribution in [3.63, 3.8) is 0 Å². The van der Waals surface area contributed by atoms with Crippen molar-refractivity contribution in [2.45, 2.75) is 37.8 Å². The van der Waals surface area contributed by atoms with Gasteiger partial charge in [0.25, 0.3) is 0 Å². The lowest BCUT2D eigenvalue weighted by molar-refractivity contribution is -0.185. The summed E-state index contributed by atoms with van der Waals surface area (Å²) in [6, 6.07) is 5.20. The monoisotopic (exact) mass is 320 g/mol. The summed E-state index contributed by atoms with van der Waals surface area (Å²) in [5, 5.41) is 0. The average molecular weight is 320 g/mol. The molecule has 2 nitrogen and oxygen atoms in total. The van der Waals surface area contributed by atoms with E-state index in [0.717, 1.165) is 37.0 Å². The molecule has 1 unspecified atom stereocenters. The first-order chi connectivity index (χ1) is 10.0. The van der Waals surface area contributed by atoms with Crippen LogP contribution < -0.4 is 0 Å². The van der Waals surface area contributed by atoms with Gasteiger partial charge in [-0.1, -0.05) is 12.1 Å². The van der Waals surface area contributed by atoms with Crippen molar-refractivity contribution in [2.75, 3.05) is 18.6 Å². The normalized spacial score (nSPS) is 21.2. The first-order valence-corrected chi connectivity index (χ1v) is 8.33. The van der Waals surface area contributed by atoms with Crippen LogP contribution in [0.2, 0.25) is 0 Å². The predicted octanol–water partition coefficient (Wildman–Crippen LogP) is 4.65. The van der Waals surface area contributed by atoms with Gasteiger partial charge in [0.15, 0.2) is 6.29 Å². The second-order valence-electron chi connectivity index (χ2n) is 5.00. The lowest BCUT2D eigenvalue weighted by atomic mass is 10.1. The van der Waals surface area contributed by atoms with E-state index in [-0.39, 0.29) is 12.4 Å². The Morgan fingerprint density at radius 2 is 2.00 bits per heavy atom. The fourth-order valence-corrected chi connectivity index (χ4v) is 2.83. The van der Waals surface area contributed by atoms with Crippen molar-refractivity contribution >= 4 is 11.8 Å². The molecule has 1 aliphatic heterocycles. The molecule has 1 saturated heterocycles. The molecule has 0 spiro atoms. The van der Waals surface area contributed by atoms with Crippen LogP contribution in [0.5, 0.6) is 0 Å². The average Bonchev–Trinajstić information content (AvgIpc) is 2.47. The van der Waals surface area contributed by atoms with Gasteiger partial charge >= 0.3 is 6.18 Å². The fraction of sp³-hybridized carbons (Fsp3) is 0.600. The number of ether oxygens (including phenoxy) is 2. The molecule has 0 bridgehead atoms. The molecular weight excluding hydrogens is 301 g/mol. The van der Waals surface area contributed by atoms with Crippen molar-refractivity contribution in [1.29, 1.82) is 0 Å². The number of benzene rings is 1. The van der Waals surface area contributed by atoms with E-state index in [9.17, 15) is 13.2 Å². The highest BCUT2D eigenvalue weighted by Gasteiger charge is 2.30. The van der Waals surface area contributed by atoms with Crippen molar-refractivity contribution in [1.82, 2.24) is 0 Å². The van der Waals surface area contributed by atoms with Crippen LogP contribution in [0, 0.1) is 0 Å². The highest BCUT2D eigenvalue weighted by atomic mass is 32.2. The molecule has 0 aliphatic carbocycles. The molecule has 1 fully saturated rings. The predicted molar refractivity (Wildman–Crippen MR) is 77.2 cm³/mol. The molecule has 21 heavy (non-hydrogen) atoms. The van der Waals surface area contributed by atoms with Gasteiger partial charge in [0.2, 0.25) is 0 Å². The van der Waals surface area contributed by atoms with Crippen LogP contribution in [0.3, 0.4) is 0 Å². The summed E-state index contributed by atoms with van der Waals surface area (Å²) in [5.74, 6) is 0.686. The standard InChI is InChI=1S/C15H19F3O2S/c1-21-10-13(20-14-4-2-3-9-19-14)11-5-7-12(8-6-11)15(16,17)18/h5-8,13-14H,2-4,9-10H2,1H3/t13-,14?/m1/s1. The second-order valence-corrected chi connectivity index (χ2v) is 5.91. The number of hydrogen-bond acceptors (Lipinski definition) is 3. The maximum atomic E-state index is 12.6. The Morgan fingerprint density at radius 1 is 1.29 bits per heavy atom. The molecule has 6 heteroatoms. The zero-order chi connectivity index (χ0) is 15.3. The molecule has 0 N–H and O–H groups in total. The van der Waals surface area contributed by atoms with Gasteiger partial charge in [0.1, 0.15) is 0 Å². The van der Waals surface area contributed by atoms with Crippen LogP contribution in [-0.2, 0) is 15.7 Å². The zero-order valence-electron chi connectivity index (χ0n) is 11.9. The molecular formula is C15H19F3O2S. The third-order valence-electron chi connectivity index (χ3n) is 3.38. The number of thioether (sulfide) groups is 1. The lowest BCUT2D eigenvalue weighted by Crippen LogP contribution is -2.25. The fourth-order valence-electron chi connectivity index (χ4n) is 2.25. The molecule has 2 atom stereocenters. The Kier molecular flexibility index (Phi) is 5.96. The Morgan fingerprint density at radius 3 is 2.52 bits per heavy atom. The summed E-state index contributed by atoms with van der Waals surface area (Å²) in [7, 11) is 0. The smallest absolute Gasteiger partial charge is 0.353 e.